The van der Waals surface area contributed by atoms with Crippen LogP contribution in [0.25, 0.3) is 10.9 Å². The standard InChI is InChI=1S/C15H19ClN4O/c1-19-4-6-20(7-5-19)8-9-21-12-2-3-13-14(10-12)17-11-18-15(13)16/h2-3,10-11H,4-9H2,1H3. The number of aromatic nitrogens is 2. The molecule has 1 saturated heterocycles. The highest BCUT2D eigenvalue weighted by molar-refractivity contribution is 6.34. The summed E-state index contributed by atoms with van der Waals surface area (Å²) < 4.78 is 5.82. The van der Waals surface area contributed by atoms with Crippen LogP contribution in [0.3, 0.4) is 0 Å². The quantitative estimate of drug-likeness (QED) is 0.807. The van der Waals surface area contributed by atoms with Gasteiger partial charge in [-0.05, 0) is 19.2 Å². The summed E-state index contributed by atoms with van der Waals surface area (Å²) in [6.45, 7) is 6.13. The molecule has 2 aromatic rings. The minimum absolute atomic E-state index is 0.476. The van der Waals surface area contributed by atoms with Gasteiger partial charge in [0.05, 0.1) is 5.52 Å². The Morgan fingerprint density at radius 2 is 2.00 bits per heavy atom. The number of fused-ring (bicyclic) bond motifs is 1. The number of nitrogens with zero attached hydrogens (tertiary/aromatic N) is 4. The number of rotatable bonds is 4. The smallest absolute Gasteiger partial charge is 0.140 e. The maximum absolute atomic E-state index is 6.02. The van der Waals surface area contributed by atoms with Crippen molar-refractivity contribution < 1.29 is 4.74 Å². The van der Waals surface area contributed by atoms with Gasteiger partial charge in [0, 0.05) is 44.2 Å². The van der Waals surface area contributed by atoms with Gasteiger partial charge >= 0.3 is 0 Å². The van der Waals surface area contributed by atoms with Crippen molar-refractivity contribution in [2.75, 3.05) is 46.4 Å². The van der Waals surface area contributed by atoms with Gasteiger partial charge in [-0.1, -0.05) is 11.6 Å². The van der Waals surface area contributed by atoms with E-state index >= 15 is 0 Å². The summed E-state index contributed by atoms with van der Waals surface area (Å²) >= 11 is 6.02. The zero-order valence-corrected chi connectivity index (χ0v) is 12.9. The molecule has 0 spiro atoms. The molecule has 6 heteroatoms. The molecule has 0 N–H and O–H groups in total. The van der Waals surface area contributed by atoms with E-state index in [4.69, 9.17) is 16.3 Å². The second kappa shape index (κ2) is 6.56. The number of hydrogen-bond donors (Lipinski definition) is 0. The first-order valence-corrected chi connectivity index (χ1v) is 7.54. The summed E-state index contributed by atoms with van der Waals surface area (Å²) in [5, 5.41) is 1.33. The number of likely N-dealkylation sites (N-methyl/N-ethyl adjacent to an activating group) is 1. The Kier molecular flexibility index (Phi) is 4.53. The lowest BCUT2D eigenvalue weighted by Crippen LogP contribution is -2.45. The largest absolute Gasteiger partial charge is 0.492 e. The fourth-order valence-corrected chi connectivity index (χ4v) is 2.66. The highest BCUT2D eigenvalue weighted by Crippen LogP contribution is 2.23. The van der Waals surface area contributed by atoms with Crippen LogP contribution >= 0.6 is 11.6 Å². The number of hydrogen-bond acceptors (Lipinski definition) is 5. The Balaban J connectivity index is 1.56. The second-order valence-electron chi connectivity index (χ2n) is 5.34. The lowest BCUT2D eigenvalue weighted by molar-refractivity contribution is 0.134. The van der Waals surface area contributed by atoms with Crippen molar-refractivity contribution in [3.05, 3.63) is 29.7 Å². The van der Waals surface area contributed by atoms with Crippen molar-refractivity contribution in [2.45, 2.75) is 0 Å². The molecular formula is C15H19ClN4O. The van der Waals surface area contributed by atoms with Gasteiger partial charge in [0.25, 0.3) is 0 Å². The molecule has 3 rings (SSSR count). The minimum Gasteiger partial charge on any atom is -0.492 e. The number of piperazine rings is 1. The van der Waals surface area contributed by atoms with Crippen LogP contribution in [-0.4, -0.2) is 66.1 Å². The molecule has 1 aromatic heterocycles. The summed E-state index contributed by atoms with van der Waals surface area (Å²) in [4.78, 5) is 13.0. The molecule has 1 fully saturated rings. The van der Waals surface area contributed by atoms with Crippen LogP contribution < -0.4 is 4.74 Å². The Hall–Kier alpha value is -1.43. The molecule has 0 bridgehead atoms. The van der Waals surface area contributed by atoms with E-state index in [1.54, 1.807) is 0 Å². The molecule has 0 saturated carbocycles. The van der Waals surface area contributed by atoms with E-state index in [2.05, 4.69) is 26.8 Å². The first kappa shape index (κ1) is 14.5. The molecule has 0 amide bonds. The van der Waals surface area contributed by atoms with Crippen LogP contribution in [0.1, 0.15) is 0 Å². The molecular weight excluding hydrogens is 288 g/mol. The highest BCUT2D eigenvalue weighted by Gasteiger charge is 2.13. The van der Waals surface area contributed by atoms with E-state index in [1.165, 1.54) is 6.33 Å². The fraction of sp³-hybridized carbons (Fsp3) is 0.467. The average Bonchev–Trinajstić information content (AvgIpc) is 2.49. The van der Waals surface area contributed by atoms with E-state index in [1.807, 2.05) is 18.2 Å². The van der Waals surface area contributed by atoms with Gasteiger partial charge in [-0.25, -0.2) is 9.97 Å². The summed E-state index contributed by atoms with van der Waals surface area (Å²) in [5.74, 6) is 0.825. The number of benzene rings is 1. The van der Waals surface area contributed by atoms with E-state index in [-0.39, 0.29) is 0 Å². The topological polar surface area (TPSA) is 41.5 Å². The lowest BCUT2D eigenvalue weighted by atomic mass is 10.2. The third-order valence-corrected chi connectivity index (χ3v) is 4.13. The lowest BCUT2D eigenvalue weighted by Gasteiger charge is -2.32. The van der Waals surface area contributed by atoms with Crippen molar-refractivity contribution in [3.63, 3.8) is 0 Å². The molecule has 2 heterocycles. The highest BCUT2D eigenvalue weighted by atomic mass is 35.5. The van der Waals surface area contributed by atoms with Gasteiger partial charge in [0.2, 0.25) is 0 Å². The van der Waals surface area contributed by atoms with Crippen LogP contribution in [-0.2, 0) is 0 Å². The molecule has 1 aliphatic rings. The van der Waals surface area contributed by atoms with Crippen LogP contribution in [0.2, 0.25) is 5.15 Å². The molecule has 1 aliphatic heterocycles. The van der Waals surface area contributed by atoms with Crippen molar-refractivity contribution >= 4 is 22.5 Å². The zero-order valence-electron chi connectivity index (χ0n) is 12.1. The van der Waals surface area contributed by atoms with Crippen LogP contribution in [0.4, 0.5) is 0 Å². The first-order valence-electron chi connectivity index (χ1n) is 7.16. The van der Waals surface area contributed by atoms with Gasteiger partial charge in [-0.15, -0.1) is 0 Å². The second-order valence-corrected chi connectivity index (χ2v) is 5.69. The SMILES string of the molecule is CN1CCN(CCOc2ccc3c(Cl)ncnc3c2)CC1. The molecule has 1 aromatic carbocycles. The summed E-state index contributed by atoms with van der Waals surface area (Å²) in [7, 11) is 2.16. The van der Waals surface area contributed by atoms with Crippen molar-refractivity contribution in [1.82, 2.24) is 19.8 Å². The molecule has 5 nitrogen and oxygen atoms in total. The van der Waals surface area contributed by atoms with Crippen molar-refractivity contribution in [2.24, 2.45) is 0 Å². The molecule has 0 radical (unpaired) electrons. The monoisotopic (exact) mass is 306 g/mol. The van der Waals surface area contributed by atoms with Crippen molar-refractivity contribution in [1.29, 1.82) is 0 Å². The van der Waals surface area contributed by atoms with Crippen molar-refractivity contribution in [3.8, 4) is 5.75 Å². The van der Waals surface area contributed by atoms with E-state index in [0.29, 0.717) is 11.8 Å². The van der Waals surface area contributed by atoms with Crippen LogP contribution in [0.5, 0.6) is 5.75 Å². The van der Waals surface area contributed by atoms with Gasteiger partial charge in [0.1, 0.15) is 23.8 Å². The first-order chi connectivity index (χ1) is 10.2. The normalized spacial score (nSPS) is 17.2. The minimum atomic E-state index is 0.476. The number of ether oxygens (including phenoxy) is 1. The van der Waals surface area contributed by atoms with Gasteiger partial charge < -0.3 is 9.64 Å². The maximum Gasteiger partial charge on any atom is 0.140 e. The van der Waals surface area contributed by atoms with Crippen LogP contribution in [0, 0.1) is 0 Å². The third-order valence-electron chi connectivity index (χ3n) is 3.83. The van der Waals surface area contributed by atoms with E-state index in [0.717, 1.165) is 49.4 Å². The Morgan fingerprint density at radius 3 is 2.81 bits per heavy atom. The van der Waals surface area contributed by atoms with Gasteiger partial charge in [-0.3, -0.25) is 4.90 Å². The maximum atomic E-state index is 6.02. The molecule has 0 atom stereocenters. The fourth-order valence-electron chi connectivity index (χ4n) is 2.46. The predicted molar refractivity (Wildman–Crippen MR) is 84.0 cm³/mol. The molecule has 112 valence electrons. The van der Waals surface area contributed by atoms with E-state index in [9.17, 15) is 0 Å². The Morgan fingerprint density at radius 1 is 1.19 bits per heavy atom. The Bertz CT molecular complexity index is 614. The Labute approximate surface area is 129 Å². The summed E-state index contributed by atoms with van der Waals surface area (Å²) in [6, 6.07) is 5.73. The van der Waals surface area contributed by atoms with Crippen LogP contribution in [0.15, 0.2) is 24.5 Å². The third kappa shape index (κ3) is 3.61. The summed E-state index contributed by atoms with van der Waals surface area (Å²) in [5.41, 5.74) is 0.812. The molecule has 0 aliphatic carbocycles. The predicted octanol–water partition coefficient (Wildman–Crippen LogP) is 1.91. The zero-order chi connectivity index (χ0) is 14.7. The molecule has 21 heavy (non-hydrogen) atoms. The van der Waals surface area contributed by atoms with Gasteiger partial charge in [-0.2, -0.15) is 0 Å². The average molecular weight is 307 g/mol. The number of halogens is 1. The molecule has 0 unspecified atom stereocenters. The summed E-state index contributed by atoms with van der Waals surface area (Å²) in [6.07, 6.45) is 1.47. The van der Waals surface area contributed by atoms with Gasteiger partial charge in [0.15, 0.2) is 0 Å². The van der Waals surface area contributed by atoms with E-state index < -0.39 is 0 Å².